The van der Waals surface area contributed by atoms with Crippen LogP contribution < -0.4 is 10.6 Å². The van der Waals surface area contributed by atoms with Gasteiger partial charge in [-0.1, -0.05) is 56.3 Å². The van der Waals surface area contributed by atoms with Crippen molar-refractivity contribution in [2.45, 2.75) is 32.4 Å². The smallest absolute Gasteiger partial charge is 0.325 e. The number of hydrogen-bond donors (Lipinski definition) is 2. The third-order valence-electron chi connectivity index (χ3n) is 5.14. The number of urea groups is 1. The average Bonchev–Trinajstić information content (AvgIpc) is 2.91. The number of amides is 4. The van der Waals surface area contributed by atoms with Crippen LogP contribution in [0.2, 0.25) is 0 Å². The van der Waals surface area contributed by atoms with Crippen LogP contribution >= 0.6 is 0 Å². The van der Waals surface area contributed by atoms with E-state index in [-0.39, 0.29) is 17.8 Å². The number of halogens is 1. The van der Waals surface area contributed by atoms with Crippen molar-refractivity contribution in [1.29, 1.82) is 0 Å². The standard InChI is InChI=1S/C22H24FN3O3/c1-14(2)19(15-9-11-17(23)12-10-15)24-18(27)13-26-20(28)22(3,25-21(26)29)16-7-5-4-6-8-16/h4-12,14,19H,13H2,1-3H3,(H,24,27)(H,25,29)/t19-,22-/m1/s1. The molecule has 2 atom stereocenters. The summed E-state index contributed by atoms with van der Waals surface area (Å²) in [4.78, 5) is 38.9. The minimum Gasteiger partial charge on any atom is -0.347 e. The van der Waals surface area contributed by atoms with Crippen LogP contribution in [0.3, 0.4) is 0 Å². The maximum absolute atomic E-state index is 13.2. The lowest BCUT2D eigenvalue weighted by atomic mass is 9.92. The molecule has 3 rings (SSSR count). The Kier molecular flexibility index (Phi) is 5.68. The van der Waals surface area contributed by atoms with Crippen molar-refractivity contribution in [2.75, 3.05) is 6.54 Å². The first-order valence-electron chi connectivity index (χ1n) is 9.47. The van der Waals surface area contributed by atoms with Crippen LogP contribution in [-0.2, 0) is 15.1 Å². The maximum atomic E-state index is 13.2. The molecule has 2 aromatic rings. The van der Waals surface area contributed by atoms with E-state index in [0.29, 0.717) is 5.56 Å². The van der Waals surface area contributed by atoms with Crippen LogP contribution in [0, 0.1) is 11.7 Å². The molecular formula is C22H24FN3O3. The van der Waals surface area contributed by atoms with E-state index in [9.17, 15) is 18.8 Å². The second-order valence-corrected chi connectivity index (χ2v) is 7.65. The predicted molar refractivity (Wildman–Crippen MR) is 106 cm³/mol. The topological polar surface area (TPSA) is 78.5 Å². The molecule has 29 heavy (non-hydrogen) atoms. The van der Waals surface area contributed by atoms with E-state index in [2.05, 4.69) is 10.6 Å². The summed E-state index contributed by atoms with van der Waals surface area (Å²) >= 11 is 0. The van der Waals surface area contributed by atoms with Gasteiger partial charge in [-0.25, -0.2) is 9.18 Å². The van der Waals surface area contributed by atoms with Crippen molar-refractivity contribution in [3.63, 3.8) is 0 Å². The summed E-state index contributed by atoms with van der Waals surface area (Å²) in [5.41, 5.74) is 0.182. The van der Waals surface area contributed by atoms with Crippen LogP contribution in [0.15, 0.2) is 54.6 Å². The first-order valence-corrected chi connectivity index (χ1v) is 9.47. The van der Waals surface area contributed by atoms with Gasteiger partial charge in [-0.2, -0.15) is 0 Å². The van der Waals surface area contributed by atoms with E-state index in [1.165, 1.54) is 12.1 Å². The number of nitrogens with zero attached hydrogens (tertiary/aromatic N) is 1. The van der Waals surface area contributed by atoms with Gasteiger partial charge in [-0.05, 0) is 36.1 Å². The molecule has 2 aromatic carbocycles. The highest BCUT2D eigenvalue weighted by Gasteiger charge is 2.49. The minimum atomic E-state index is -1.22. The number of carbonyl (C=O) groups is 3. The number of imide groups is 1. The second kappa shape index (κ2) is 8.03. The minimum absolute atomic E-state index is 0.0297. The molecule has 0 spiro atoms. The third kappa shape index (κ3) is 4.13. The van der Waals surface area contributed by atoms with Gasteiger partial charge in [0.25, 0.3) is 5.91 Å². The van der Waals surface area contributed by atoms with E-state index in [1.807, 2.05) is 19.9 Å². The van der Waals surface area contributed by atoms with Crippen molar-refractivity contribution in [3.05, 3.63) is 71.5 Å². The van der Waals surface area contributed by atoms with Crippen molar-refractivity contribution in [3.8, 4) is 0 Å². The fourth-order valence-electron chi connectivity index (χ4n) is 3.48. The summed E-state index contributed by atoms with van der Waals surface area (Å²) in [6, 6.07) is 13.8. The summed E-state index contributed by atoms with van der Waals surface area (Å²) < 4.78 is 13.2. The Morgan fingerprint density at radius 1 is 1.10 bits per heavy atom. The normalized spacial score (nSPS) is 20.0. The van der Waals surface area contributed by atoms with E-state index in [1.54, 1.807) is 43.3 Å². The van der Waals surface area contributed by atoms with Crippen molar-refractivity contribution in [2.24, 2.45) is 5.92 Å². The van der Waals surface area contributed by atoms with Gasteiger partial charge in [-0.15, -0.1) is 0 Å². The third-order valence-corrected chi connectivity index (χ3v) is 5.14. The maximum Gasteiger partial charge on any atom is 0.325 e. The van der Waals surface area contributed by atoms with Gasteiger partial charge in [0, 0.05) is 0 Å². The summed E-state index contributed by atoms with van der Waals surface area (Å²) in [6.07, 6.45) is 0. The van der Waals surface area contributed by atoms with Crippen molar-refractivity contribution >= 4 is 17.8 Å². The highest BCUT2D eigenvalue weighted by molar-refractivity contribution is 6.09. The molecular weight excluding hydrogens is 373 g/mol. The fraction of sp³-hybridized carbons (Fsp3) is 0.318. The molecule has 6 nitrogen and oxygen atoms in total. The molecule has 0 unspecified atom stereocenters. The summed E-state index contributed by atoms with van der Waals surface area (Å²) in [7, 11) is 0. The SMILES string of the molecule is CC(C)[C@@H](NC(=O)CN1C(=O)N[C@](C)(c2ccccc2)C1=O)c1ccc(F)cc1. The molecule has 1 saturated heterocycles. The molecule has 152 valence electrons. The molecule has 2 N–H and O–H groups in total. The van der Waals surface area contributed by atoms with Gasteiger partial charge in [0.05, 0.1) is 6.04 Å². The van der Waals surface area contributed by atoms with Gasteiger partial charge in [-0.3, -0.25) is 14.5 Å². The summed E-state index contributed by atoms with van der Waals surface area (Å²) in [5, 5.41) is 5.53. The number of rotatable bonds is 6. The molecule has 0 saturated carbocycles. The zero-order chi connectivity index (χ0) is 21.2. The van der Waals surface area contributed by atoms with Crippen molar-refractivity contribution in [1.82, 2.24) is 15.5 Å². The lowest BCUT2D eigenvalue weighted by molar-refractivity contribution is -0.135. The summed E-state index contributed by atoms with van der Waals surface area (Å²) in [6.45, 7) is 5.08. The summed E-state index contributed by atoms with van der Waals surface area (Å²) in [5.74, 6) is -1.27. The first-order chi connectivity index (χ1) is 13.7. The highest BCUT2D eigenvalue weighted by atomic mass is 19.1. The molecule has 0 radical (unpaired) electrons. The number of nitrogens with one attached hydrogen (secondary N) is 2. The van der Waals surface area contributed by atoms with E-state index in [0.717, 1.165) is 10.5 Å². The monoisotopic (exact) mass is 397 g/mol. The molecule has 1 aliphatic heterocycles. The Morgan fingerprint density at radius 3 is 2.31 bits per heavy atom. The van der Waals surface area contributed by atoms with Crippen LogP contribution in [0.4, 0.5) is 9.18 Å². The molecule has 1 fully saturated rings. The Bertz CT molecular complexity index is 915. The van der Waals surface area contributed by atoms with E-state index < -0.39 is 29.9 Å². The highest BCUT2D eigenvalue weighted by Crippen LogP contribution is 2.28. The Balaban J connectivity index is 1.73. The first kappa shape index (κ1) is 20.5. The molecule has 0 aliphatic carbocycles. The zero-order valence-electron chi connectivity index (χ0n) is 16.6. The molecule has 7 heteroatoms. The van der Waals surface area contributed by atoms with Gasteiger partial charge < -0.3 is 10.6 Å². The van der Waals surface area contributed by atoms with Gasteiger partial charge in [0.15, 0.2) is 0 Å². The average molecular weight is 397 g/mol. The Hall–Kier alpha value is -3.22. The lowest BCUT2D eigenvalue weighted by Crippen LogP contribution is -2.44. The van der Waals surface area contributed by atoms with E-state index in [4.69, 9.17) is 0 Å². The van der Waals surface area contributed by atoms with Gasteiger partial charge in [0.1, 0.15) is 17.9 Å². The molecule has 4 amide bonds. The Morgan fingerprint density at radius 2 is 1.72 bits per heavy atom. The largest absolute Gasteiger partial charge is 0.347 e. The Labute approximate surface area is 169 Å². The number of hydrogen-bond acceptors (Lipinski definition) is 3. The zero-order valence-corrected chi connectivity index (χ0v) is 16.6. The number of carbonyl (C=O) groups excluding carboxylic acids is 3. The van der Waals surface area contributed by atoms with Crippen LogP contribution in [0.5, 0.6) is 0 Å². The van der Waals surface area contributed by atoms with Crippen LogP contribution in [-0.4, -0.2) is 29.3 Å². The predicted octanol–water partition coefficient (Wildman–Crippen LogP) is 3.11. The molecule has 0 bridgehead atoms. The second-order valence-electron chi connectivity index (χ2n) is 7.65. The lowest BCUT2D eigenvalue weighted by Gasteiger charge is -2.25. The van der Waals surface area contributed by atoms with E-state index >= 15 is 0 Å². The molecule has 1 aliphatic rings. The van der Waals surface area contributed by atoms with Crippen LogP contribution in [0.25, 0.3) is 0 Å². The van der Waals surface area contributed by atoms with Crippen LogP contribution in [0.1, 0.15) is 37.9 Å². The van der Waals surface area contributed by atoms with Gasteiger partial charge in [0.2, 0.25) is 5.91 Å². The van der Waals surface area contributed by atoms with Gasteiger partial charge >= 0.3 is 6.03 Å². The van der Waals surface area contributed by atoms with Crippen molar-refractivity contribution < 1.29 is 18.8 Å². The fourth-order valence-corrected chi connectivity index (χ4v) is 3.48. The molecule has 0 aromatic heterocycles. The quantitative estimate of drug-likeness (QED) is 0.735. The molecule has 1 heterocycles. The number of benzene rings is 2.